The van der Waals surface area contributed by atoms with E-state index in [0.29, 0.717) is 50.6 Å². The van der Waals surface area contributed by atoms with Crippen molar-refractivity contribution in [2.24, 2.45) is 5.73 Å². The van der Waals surface area contributed by atoms with Crippen LogP contribution in [0.4, 0.5) is 5.69 Å². The van der Waals surface area contributed by atoms with Crippen molar-refractivity contribution in [1.82, 2.24) is 0 Å². The maximum Gasteiger partial charge on any atom is 0.161 e. The molecule has 3 aromatic carbocycles. The van der Waals surface area contributed by atoms with Gasteiger partial charge in [0.05, 0.1) is 22.6 Å². The van der Waals surface area contributed by atoms with Gasteiger partial charge in [-0.3, -0.25) is 9.69 Å². The molecule has 0 saturated carbocycles. The molecular weight excluding hydrogens is 569 g/mol. The maximum atomic E-state index is 13.6. The number of benzene rings is 3. The van der Waals surface area contributed by atoms with Crippen LogP contribution in [0.5, 0.6) is 0 Å². The second kappa shape index (κ2) is 11.3. The Kier molecular flexibility index (Phi) is 8.03. The fourth-order valence-corrected chi connectivity index (χ4v) is 7.17. The number of nitrogens with zero attached hydrogens (tertiary/aromatic N) is 2. The normalized spacial score (nSPS) is 17.4. The van der Waals surface area contributed by atoms with E-state index in [2.05, 4.69) is 25.1 Å². The Morgan fingerprint density at radius 3 is 2.54 bits per heavy atom. The Bertz CT molecular complexity index is 1610. The number of rotatable bonds is 5. The number of nitrogens with two attached hydrogens (primary N) is 1. The van der Waals surface area contributed by atoms with Gasteiger partial charge in [-0.1, -0.05) is 53.0 Å². The second-order valence-electron chi connectivity index (χ2n) is 9.79. The highest BCUT2D eigenvalue weighted by Gasteiger charge is 2.41. The molecule has 8 heteroatoms. The van der Waals surface area contributed by atoms with Crippen molar-refractivity contribution in [3.8, 4) is 6.07 Å². The van der Waals surface area contributed by atoms with Gasteiger partial charge in [-0.2, -0.15) is 5.26 Å². The molecule has 5 rings (SSSR count). The van der Waals surface area contributed by atoms with Crippen LogP contribution in [0, 0.1) is 25.2 Å². The van der Waals surface area contributed by atoms with Crippen molar-refractivity contribution in [3.63, 3.8) is 0 Å². The summed E-state index contributed by atoms with van der Waals surface area (Å²) in [5.41, 5.74) is 13.5. The highest BCUT2D eigenvalue weighted by atomic mass is 35.5. The predicted molar refractivity (Wildman–Crippen MR) is 161 cm³/mol. The zero-order valence-corrected chi connectivity index (χ0v) is 24.6. The smallest absolute Gasteiger partial charge is 0.161 e. The lowest BCUT2D eigenvalue weighted by Crippen LogP contribution is -2.38. The lowest BCUT2D eigenvalue weighted by atomic mass is 9.74. The number of anilines is 1. The minimum atomic E-state index is -0.535. The zero-order chi connectivity index (χ0) is 27.8. The number of Topliss-reactive ketones (excluding diaryl/α,β-unsaturated/α-hetero) is 1. The standard InChI is InChI=1S/C31H26Cl3N3OS/c1-17-11-18(2)23(12-19(17)16-39-28-14-21(33)9-10-25(28)34)29-24(15-35)31(36)37(22-6-3-5-20(32)13-22)26-7-4-8-27(38)30(26)29/h3,5-6,9-14,29H,4,7-8,16,36H2,1-2H3. The summed E-state index contributed by atoms with van der Waals surface area (Å²) in [6.07, 6.45) is 1.86. The van der Waals surface area contributed by atoms with E-state index in [-0.39, 0.29) is 5.78 Å². The quantitative estimate of drug-likeness (QED) is 0.299. The zero-order valence-electron chi connectivity index (χ0n) is 21.5. The number of allylic oxidation sites excluding steroid dienone is 3. The first kappa shape index (κ1) is 27.7. The third-order valence-electron chi connectivity index (χ3n) is 7.29. The largest absolute Gasteiger partial charge is 0.384 e. The molecule has 0 radical (unpaired) electrons. The number of hydrogen-bond acceptors (Lipinski definition) is 5. The molecule has 0 spiro atoms. The van der Waals surface area contributed by atoms with Crippen LogP contribution in [-0.4, -0.2) is 5.78 Å². The molecule has 0 bridgehead atoms. The van der Waals surface area contributed by atoms with Crippen LogP contribution in [0.2, 0.25) is 15.1 Å². The average molecular weight is 595 g/mol. The van der Waals surface area contributed by atoms with Gasteiger partial charge in [-0.05, 0) is 85.3 Å². The highest BCUT2D eigenvalue weighted by Crippen LogP contribution is 2.47. The van der Waals surface area contributed by atoms with Crippen molar-refractivity contribution in [2.45, 2.75) is 49.7 Å². The van der Waals surface area contributed by atoms with E-state index in [0.717, 1.165) is 45.0 Å². The van der Waals surface area contributed by atoms with Crippen LogP contribution in [0.3, 0.4) is 0 Å². The summed E-state index contributed by atoms with van der Waals surface area (Å²) in [5, 5.41) is 12.2. The first-order valence-corrected chi connectivity index (χ1v) is 14.7. The maximum absolute atomic E-state index is 13.6. The third-order valence-corrected chi connectivity index (χ3v) is 9.31. The van der Waals surface area contributed by atoms with Crippen LogP contribution < -0.4 is 10.6 Å². The van der Waals surface area contributed by atoms with E-state index >= 15 is 0 Å². The summed E-state index contributed by atoms with van der Waals surface area (Å²) in [7, 11) is 0. The van der Waals surface area contributed by atoms with Crippen molar-refractivity contribution in [1.29, 1.82) is 5.26 Å². The number of halogens is 3. The molecule has 1 heterocycles. The lowest BCUT2D eigenvalue weighted by molar-refractivity contribution is -0.116. The van der Waals surface area contributed by atoms with Crippen LogP contribution in [-0.2, 0) is 10.5 Å². The van der Waals surface area contributed by atoms with E-state index in [1.54, 1.807) is 36.0 Å². The van der Waals surface area contributed by atoms with Gasteiger partial charge in [0.1, 0.15) is 5.82 Å². The molecule has 1 aliphatic heterocycles. The SMILES string of the molecule is Cc1cc(C)c(C2C(C#N)=C(N)N(c3cccc(Cl)c3)C3=C2C(=O)CCC3)cc1CSc1cc(Cl)ccc1Cl. The van der Waals surface area contributed by atoms with Gasteiger partial charge in [0.2, 0.25) is 0 Å². The van der Waals surface area contributed by atoms with Crippen molar-refractivity contribution in [2.75, 3.05) is 4.90 Å². The van der Waals surface area contributed by atoms with Gasteiger partial charge in [0.25, 0.3) is 0 Å². The molecular formula is C31H26Cl3N3OS. The molecule has 1 atom stereocenters. The minimum Gasteiger partial charge on any atom is -0.384 e. The Morgan fingerprint density at radius 2 is 1.79 bits per heavy atom. The molecule has 0 amide bonds. The van der Waals surface area contributed by atoms with E-state index in [1.807, 2.05) is 30.0 Å². The van der Waals surface area contributed by atoms with Gasteiger partial charge in [0.15, 0.2) is 5.78 Å². The van der Waals surface area contributed by atoms with Crippen LogP contribution >= 0.6 is 46.6 Å². The molecule has 2 N–H and O–H groups in total. The fourth-order valence-electron chi connectivity index (χ4n) is 5.43. The number of carbonyl (C=O) groups excluding carboxylic acids is 1. The number of carbonyl (C=O) groups is 1. The monoisotopic (exact) mass is 593 g/mol. The second-order valence-corrected chi connectivity index (χ2v) is 12.1. The summed E-state index contributed by atoms with van der Waals surface area (Å²) >= 11 is 20.5. The molecule has 0 saturated heterocycles. The van der Waals surface area contributed by atoms with Crippen molar-refractivity contribution < 1.29 is 4.79 Å². The summed E-state index contributed by atoms with van der Waals surface area (Å²) in [6.45, 7) is 4.09. The number of hydrogen-bond donors (Lipinski definition) is 1. The molecule has 4 nitrogen and oxygen atoms in total. The number of nitriles is 1. The Balaban J connectivity index is 1.63. The first-order valence-electron chi connectivity index (χ1n) is 12.6. The van der Waals surface area contributed by atoms with E-state index in [9.17, 15) is 10.1 Å². The van der Waals surface area contributed by atoms with Gasteiger partial charge in [-0.15, -0.1) is 11.8 Å². The Morgan fingerprint density at radius 1 is 1.03 bits per heavy atom. The number of aryl methyl sites for hydroxylation is 2. The van der Waals surface area contributed by atoms with Crippen LogP contribution in [0.25, 0.3) is 0 Å². The third kappa shape index (κ3) is 5.32. The summed E-state index contributed by atoms with van der Waals surface area (Å²) in [6, 6.07) is 19.3. The number of ketones is 1. The van der Waals surface area contributed by atoms with Gasteiger partial charge in [0, 0.05) is 44.1 Å². The van der Waals surface area contributed by atoms with Gasteiger partial charge < -0.3 is 5.73 Å². The van der Waals surface area contributed by atoms with E-state index in [1.165, 1.54) is 0 Å². The van der Waals surface area contributed by atoms with Crippen LogP contribution in [0.15, 0.2) is 82.2 Å². The molecule has 0 aromatic heterocycles. The number of thioether (sulfide) groups is 1. The molecule has 2 aliphatic rings. The van der Waals surface area contributed by atoms with Crippen molar-refractivity contribution >= 4 is 58.0 Å². The average Bonchev–Trinajstić information content (AvgIpc) is 2.89. The fraction of sp³-hybridized carbons (Fsp3) is 0.226. The molecule has 0 fully saturated rings. The summed E-state index contributed by atoms with van der Waals surface area (Å²) < 4.78 is 0. The Hall–Kier alpha value is -2.88. The summed E-state index contributed by atoms with van der Waals surface area (Å²) in [5.74, 6) is 0.504. The van der Waals surface area contributed by atoms with Crippen LogP contribution in [0.1, 0.15) is 47.4 Å². The lowest BCUT2D eigenvalue weighted by Gasteiger charge is -2.40. The minimum absolute atomic E-state index is 0.0511. The van der Waals surface area contributed by atoms with E-state index in [4.69, 9.17) is 40.5 Å². The highest BCUT2D eigenvalue weighted by molar-refractivity contribution is 7.98. The molecule has 3 aromatic rings. The van der Waals surface area contributed by atoms with Gasteiger partial charge in [-0.25, -0.2) is 0 Å². The summed E-state index contributed by atoms with van der Waals surface area (Å²) in [4.78, 5) is 16.3. The van der Waals surface area contributed by atoms with E-state index < -0.39 is 5.92 Å². The predicted octanol–water partition coefficient (Wildman–Crippen LogP) is 8.86. The van der Waals surface area contributed by atoms with Crippen molar-refractivity contribution in [3.05, 3.63) is 115 Å². The molecule has 1 aliphatic carbocycles. The first-order chi connectivity index (χ1) is 18.7. The Labute approximate surface area is 248 Å². The molecule has 1 unspecified atom stereocenters. The van der Waals surface area contributed by atoms with Gasteiger partial charge >= 0.3 is 0 Å². The topological polar surface area (TPSA) is 70.1 Å². The molecule has 39 heavy (non-hydrogen) atoms. The molecule has 198 valence electrons.